The van der Waals surface area contributed by atoms with E-state index in [1.54, 1.807) is 0 Å². The Morgan fingerprint density at radius 1 is 1.00 bits per heavy atom. The van der Waals surface area contributed by atoms with Crippen LogP contribution in [0, 0.1) is 0 Å². The van der Waals surface area contributed by atoms with Gasteiger partial charge in [-0.25, -0.2) is 0 Å². The first-order valence-electron chi connectivity index (χ1n) is 8.42. The van der Waals surface area contributed by atoms with Crippen molar-refractivity contribution in [2.75, 3.05) is 6.54 Å². The molecule has 0 aromatic heterocycles. The van der Waals surface area contributed by atoms with Gasteiger partial charge < -0.3 is 10.4 Å². The summed E-state index contributed by atoms with van der Waals surface area (Å²) in [5, 5.41) is 14.0. The molecule has 0 unspecified atom stereocenters. The van der Waals surface area contributed by atoms with Crippen LogP contribution in [0.4, 0.5) is 0 Å². The summed E-state index contributed by atoms with van der Waals surface area (Å²) in [4.78, 5) is 0. The molecular weight excluding hydrogens is 350 g/mol. The molecule has 0 bridgehead atoms. The normalized spacial score (nSPS) is 26.3. The molecule has 1 fully saturated rings. The standard InChI is InChI=1S/C20H23NO.BrH/c22-20-10-4-8-16-17(19-9-5-11-21-19)12-15(13-18(16)20)14-6-2-1-3-7-14;/h1-4,6-8,10,15,17,19,21-22H,5,9,11-13H2;1H/t15-,17+,19+;/m0./s1. The number of phenols is 1. The molecule has 2 aromatic carbocycles. The topological polar surface area (TPSA) is 32.3 Å². The van der Waals surface area contributed by atoms with Crippen molar-refractivity contribution in [2.24, 2.45) is 0 Å². The minimum atomic E-state index is 0. The van der Waals surface area contributed by atoms with Gasteiger partial charge in [0, 0.05) is 12.0 Å². The molecule has 1 aliphatic carbocycles. The third kappa shape index (κ3) is 3.17. The number of aromatic hydroxyl groups is 1. The molecule has 0 radical (unpaired) electrons. The first kappa shape index (κ1) is 16.5. The number of fused-ring (bicyclic) bond motifs is 1. The van der Waals surface area contributed by atoms with Gasteiger partial charge in [-0.15, -0.1) is 17.0 Å². The average molecular weight is 374 g/mol. The lowest BCUT2D eigenvalue weighted by atomic mass is 9.71. The number of hydrogen-bond acceptors (Lipinski definition) is 2. The Bertz CT molecular complexity index is 652. The summed E-state index contributed by atoms with van der Waals surface area (Å²) in [5.74, 6) is 1.50. The van der Waals surface area contributed by atoms with E-state index in [-0.39, 0.29) is 17.0 Å². The maximum Gasteiger partial charge on any atom is 0.119 e. The molecule has 1 aliphatic heterocycles. The fourth-order valence-electron chi connectivity index (χ4n) is 4.34. The Hall–Kier alpha value is -1.32. The first-order chi connectivity index (χ1) is 10.8. The lowest BCUT2D eigenvalue weighted by Crippen LogP contribution is -2.33. The fraction of sp³-hybridized carbons (Fsp3) is 0.400. The second kappa shape index (κ2) is 7.06. The van der Waals surface area contributed by atoms with Crippen molar-refractivity contribution >= 4 is 17.0 Å². The van der Waals surface area contributed by atoms with E-state index in [1.807, 2.05) is 12.1 Å². The Morgan fingerprint density at radius 2 is 1.83 bits per heavy atom. The molecule has 2 aromatic rings. The fourth-order valence-corrected chi connectivity index (χ4v) is 4.34. The van der Waals surface area contributed by atoms with Crippen LogP contribution in [-0.2, 0) is 6.42 Å². The van der Waals surface area contributed by atoms with Crippen LogP contribution in [0.15, 0.2) is 48.5 Å². The molecule has 2 nitrogen and oxygen atoms in total. The van der Waals surface area contributed by atoms with Crippen molar-refractivity contribution in [3.05, 3.63) is 65.2 Å². The van der Waals surface area contributed by atoms with Crippen LogP contribution in [0.1, 0.15) is 47.8 Å². The number of phenolic OH excluding ortho intramolecular Hbond substituents is 1. The highest BCUT2D eigenvalue weighted by Crippen LogP contribution is 2.45. The van der Waals surface area contributed by atoms with Gasteiger partial charge >= 0.3 is 0 Å². The van der Waals surface area contributed by atoms with Gasteiger partial charge in [-0.2, -0.15) is 0 Å². The summed E-state index contributed by atoms with van der Waals surface area (Å²) in [6.07, 6.45) is 4.65. The van der Waals surface area contributed by atoms with Crippen molar-refractivity contribution in [1.82, 2.24) is 5.32 Å². The minimum absolute atomic E-state index is 0. The van der Waals surface area contributed by atoms with Crippen LogP contribution in [-0.4, -0.2) is 17.7 Å². The lowest BCUT2D eigenvalue weighted by Gasteiger charge is -2.35. The van der Waals surface area contributed by atoms with E-state index in [0.29, 0.717) is 23.6 Å². The SMILES string of the molecule is Br.Oc1cccc2c1C[C@@H](c1ccccc1)C[C@H]2[C@H]1CCCN1. The van der Waals surface area contributed by atoms with Crippen molar-refractivity contribution in [3.63, 3.8) is 0 Å². The van der Waals surface area contributed by atoms with E-state index in [4.69, 9.17) is 0 Å². The third-order valence-electron chi connectivity index (χ3n) is 5.43. The van der Waals surface area contributed by atoms with Crippen LogP contribution in [0.2, 0.25) is 0 Å². The van der Waals surface area contributed by atoms with Gasteiger partial charge in [0.15, 0.2) is 0 Å². The molecule has 122 valence electrons. The minimum Gasteiger partial charge on any atom is -0.508 e. The van der Waals surface area contributed by atoms with Gasteiger partial charge in [-0.05, 0) is 60.9 Å². The zero-order valence-electron chi connectivity index (χ0n) is 13.2. The Morgan fingerprint density at radius 3 is 2.57 bits per heavy atom. The van der Waals surface area contributed by atoms with Gasteiger partial charge in [0.05, 0.1) is 0 Å². The van der Waals surface area contributed by atoms with Crippen LogP contribution in [0.5, 0.6) is 5.75 Å². The zero-order chi connectivity index (χ0) is 14.9. The zero-order valence-corrected chi connectivity index (χ0v) is 15.0. The molecule has 1 heterocycles. The van der Waals surface area contributed by atoms with Gasteiger partial charge in [0.2, 0.25) is 0 Å². The molecule has 0 amide bonds. The molecule has 4 rings (SSSR count). The Labute approximate surface area is 148 Å². The molecule has 23 heavy (non-hydrogen) atoms. The van der Waals surface area contributed by atoms with E-state index in [1.165, 1.54) is 36.0 Å². The lowest BCUT2D eigenvalue weighted by molar-refractivity contribution is 0.390. The van der Waals surface area contributed by atoms with Crippen LogP contribution >= 0.6 is 17.0 Å². The number of hydrogen-bond donors (Lipinski definition) is 2. The van der Waals surface area contributed by atoms with Gasteiger partial charge in [0.1, 0.15) is 5.75 Å². The van der Waals surface area contributed by atoms with E-state index >= 15 is 0 Å². The highest BCUT2D eigenvalue weighted by molar-refractivity contribution is 8.93. The largest absolute Gasteiger partial charge is 0.508 e. The second-order valence-electron chi connectivity index (χ2n) is 6.70. The third-order valence-corrected chi connectivity index (χ3v) is 5.43. The maximum absolute atomic E-state index is 10.4. The highest BCUT2D eigenvalue weighted by Gasteiger charge is 2.35. The molecule has 2 N–H and O–H groups in total. The maximum atomic E-state index is 10.4. The van der Waals surface area contributed by atoms with E-state index in [0.717, 1.165) is 13.0 Å². The van der Waals surface area contributed by atoms with Crippen molar-refractivity contribution in [3.8, 4) is 5.75 Å². The van der Waals surface area contributed by atoms with E-state index in [9.17, 15) is 5.11 Å². The molecule has 2 aliphatic rings. The molecule has 3 atom stereocenters. The number of nitrogens with one attached hydrogen (secondary N) is 1. The van der Waals surface area contributed by atoms with Crippen LogP contribution in [0.3, 0.4) is 0 Å². The summed E-state index contributed by atoms with van der Waals surface area (Å²) in [7, 11) is 0. The Balaban J connectivity index is 0.00000156. The van der Waals surface area contributed by atoms with E-state index in [2.05, 4.69) is 41.7 Å². The summed E-state index contributed by atoms with van der Waals surface area (Å²) in [6, 6.07) is 17.4. The Kier molecular flexibility index (Phi) is 5.08. The number of rotatable bonds is 2. The first-order valence-corrected chi connectivity index (χ1v) is 8.42. The number of benzene rings is 2. The predicted octanol–water partition coefficient (Wildman–Crippen LogP) is 4.54. The molecule has 0 spiro atoms. The average Bonchev–Trinajstić information content (AvgIpc) is 3.10. The summed E-state index contributed by atoms with van der Waals surface area (Å²) in [6.45, 7) is 1.13. The molecule has 3 heteroatoms. The smallest absolute Gasteiger partial charge is 0.119 e. The molecule has 0 saturated carbocycles. The monoisotopic (exact) mass is 373 g/mol. The van der Waals surface area contributed by atoms with Crippen LogP contribution < -0.4 is 5.32 Å². The number of halogens is 1. The predicted molar refractivity (Wildman–Crippen MR) is 99.7 cm³/mol. The van der Waals surface area contributed by atoms with Crippen molar-refractivity contribution in [2.45, 2.75) is 43.6 Å². The second-order valence-corrected chi connectivity index (χ2v) is 6.70. The quantitative estimate of drug-likeness (QED) is 0.809. The van der Waals surface area contributed by atoms with Gasteiger partial charge in [-0.1, -0.05) is 42.5 Å². The highest BCUT2D eigenvalue weighted by atomic mass is 79.9. The van der Waals surface area contributed by atoms with Gasteiger partial charge in [0.25, 0.3) is 0 Å². The molecular formula is C20H24BrNO. The van der Waals surface area contributed by atoms with Crippen molar-refractivity contribution in [1.29, 1.82) is 0 Å². The van der Waals surface area contributed by atoms with Crippen LogP contribution in [0.25, 0.3) is 0 Å². The van der Waals surface area contributed by atoms with Gasteiger partial charge in [-0.3, -0.25) is 0 Å². The molecule has 1 saturated heterocycles. The van der Waals surface area contributed by atoms with E-state index < -0.39 is 0 Å². The summed E-state index contributed by atoms with van der Waals surface area (Å²) >= 11 is 0. The summed E-state index contributed by atoms with van der Waals surface area (Å²) in [5.41, 5.74) is 3.94. The summed E-state index contributed by atoms with van der Waals surface area (Å²) < 4.78 is 0. The van der Waals surface area contributed by atoms with Crippen molar-refractivity contribution < 1.29 is 5.11 Å².